The summed E-state index contributed by atoms with van der Waals surface area (Å²) in [7, 11) is 0. The summed E-state index contributed by atoms with van der Waals surface area (Å²) in [6.45, 7) is 3.79. The summed E-state index contributed by atoms with van der Waals surface area (Å²) < 4.78 is 7.09. The van der Waals surface area contributed by atoms with Crippen LogP contribution in [0.5, 0.6) is 0 Å². The first-order chi connectivity index (χ1) is 9.69. The van der Waals surface area contributed by atoms with E-state index < -0.39 is 6.10 Å². The lowest BCUT2D eigenvalue weighted by Gasteiger charge is -2.23. The molecule has 1 aliphatic rings. The molecule has 5 nitrogen and oxygen atoms in total. The average molecular weight is 280 g/mol. The molecule has 0 bridgehead atoms. The van der Waals surface area contributed by atoms with E-state index in [-0.39, 0.29) is 11.9 Å². The molecule has 1 unspecified atom stereocenters. The molecule has 0 saturated carbocycles. The number of carbonyl (C=O) groups is 1. The third-order valence-electron chi connectivity index (χ3n) is 3.63. The van der Waals surface area contributed by atoms with E-state index in [2.05, 4.69) is 5.32 Å². The van der Waals surface area contributed by atoms with E-state index in [4.69, 9.17) is 4.74 Å². The van der Waals surface area contributed by atoms with Gasteiger partial charge >= 0.3 is 0 Å². The molecule has 5 heteroatoms. The Balaban J connectivity index is 1.81. The maximum Gasteiger partial charge on any atom is 0.240 e. The molecule has 1 aliphatic heterocycles. The second kappa shape index (κ2) is 7.45. The predicted octanol–water partition coefficient (Wildman–Crippen LogP) is 1.62. The van der Waals surface area contributed by atoms with E-state index in [1.165, 1.54) is 0 Å². The van der Waals surface area contributed by atoms with Gasteiger partial charge in [-0.05, 0) is 30.9 Å². The standard InChI is InChI=1S/C15H24N2O3/c1-2-3-14(18)12-4-7-17(10-12)11-15(19)16-13-5-8-20-9-6-13/h4,7,10,13-14,18H,2-3,5-6,8-9,11H2,1H3,(H,16,19). The summed E-state index contributed by atoms with van der Waals surface area (Å²) in [5, 5.41) is 12.9. The third kappa shape index (κ3) is 4.35. The first kappa shape index (κ1) is 15.1. The number of aliphatic hydroxyl groups is 1. The lowest BCUT2D eigenvalue weighted by molar-refractivity contribution is -0.122. The highest BCUT2D eigenvalue weighted by Gasteiger charge is 2.16. The molecule has 1 amide bonds. The molecule has 1 aromatic heterocycles. The Morgan fingerprint density at radius 1 is 1.55 bits per heavy atom. The second-order valence-electron chi connectivity index (χ2n) is 5.38. The fourth-order valence-corrected chi connectivity index (χ4v) is 2.48. The number of nitrogens with zero attached hydrogens (tertiary/aromatic N) is 1. The fraction of sp³-hybridized carbons (Fsp3) is 0.667. The maximum absolute atomic E-state index is 12.0. The monoisotopic (exact) mass is 280 g/mol. The topological polar surface area (TPSA) is 63.5 Å². The highest BCUT2D eigenvalue weighted by Crippen LogP contribution is 2.18. The Labute approximate surface area is 119 Å². The van der Waals surface area contributed by atoms with Gasteiger partial charge in [0, 0.05) is 31.6 Å². The summed E-state index contributed by atoms with van der Waals surface area (Å²) in [5.74, 6) is 0.0176. The summed E-state index contributed by atoms with van der Waals surface area (Å²) in [5.41, 5.74) is 0.880. The van der Waals surface area contributed by atoms with E-state index in [0.29, 0.717) is 6.54 Å². The van der Waals surface area contributed by atoms with Crippen molar-refractivity contribution in [1.29, 1.82) is 0 Å². The molecule has 1 saturated heterocycles. The summed E-state index contributed by atoms with van der Waals surface area (Å²) >= 11 is 0. The van der Waals surface area contributed by atoms with Crippen molar-refractivity contribution in [1.82, 2.24) is 9.88 Å². The van der Waals surface area contributed by atoms with Crippen molar-refractivity contribution >= 4 is 5.91 Å². The molecule has 2 rings (SSSR count). The Morgan fingerprint density at radius 3 is 3.00 bits per heavy atom. The van der Waals surface area contributed by atoms with Crippen molar-refractivity contribution in [2.45, 2.75) is 51.3 Å². The third-order valence-corrected chi connectivity index (χ3v) is 3.63. The quantitative estimate of drug-likeness (QED) is 0.832. The molecule has 0 spiro atoms. The van der Waals surface area contributed by atoms with Gasteiger partial charge in [-0.3, -0.25) is 4.79 Å². The van der Waals surface area contributed by atoms with E-state index in [1.807, 2.05) is 30.0 Å². The van der Waals surface area contributed by atoms with Gasteiger partial charge in [-0.2, -0.15) is 0 Å². The molecule has 1 fully saturated rings. The number of ether oxygens (including phenoxy) is 1. The van der Waals surface area contributed by atoms with Crippen LogP contribution in [0.2, 0.25) is 0 Å². The molecular weight excluding hydrogens is 256 g/mol. The van der Waals surface area contributed by atoms with Crippen LogP contribution in [0.15, 0.2) is 18.5 Å². The van der Waals surface area contributed by atoms with Crippen molar-refractivity contribution < 1.29 is 14.6 Å². The number of aliphatic hydroxyl groups excluding tert-OH is 1. The number of carbonyl (C=O) groups excluding carboxylic acids is 1. The van der Waals surface area contributed by atoms with Crippen molar-refractivity contribution in [3.05, 3.63) is 24.0 Å². The van der Waals surface area contributed by atoms with Gasteiger partial charge in [-0.15, -0.1) is 0 Å². The van der Waals surface area contributed by atoms with Crippen molar-refractivity contribution in [2.24, 2.45) is 0 Å². The first-order valence-corrected chi connectivity index (χ1v) is 7.40. The number of rotatable bonds is 6. The largest absolute Gasteiger partial charge is 0.388 e. The molecule has 0 radical (unpaired) electrons. The molecule has 112 valence electrons. The van der Waals surface area contributed by atoms with Gasteiger partial charge in [0.2, 0.25) is 5.91 Å². The van der Waals surface area contributed by atoms with Crippen molar-refractivity contribution in [3.8, 4) is 0 Å². The van der Waals surface area contributed by atoms with Gasteiger partial charge in [0.05, 0.1) is 6.10 Å². The number of nitrogens with one attached hydrogen (secondary N) is 1. The average Bonchev–Trinajstić information content (AvgIpc) is 2.88. The van der Waals surface area contributed by atoms with Gasteiger partial charge in [-0.25, -0.2) is 0 Å². The number of hydrogen-bond donors (Lipinski definition) is 2. The molecule has 0 aliphatic carbocycles. The van der Waals surface area contributed by atoms with Gasteiger partial charge in [-0.1, -0.05) is 13.3 Å². The van der Waals surface area contributed by atoms with Crippen LogP contribution in [0.1, 0.15) is 44.3 Å². The second-order valence-corrected chi connectivity index (χ2v) is 5.38. The molecule has 20 heavy (non-hydrogen) atoms. The van der Waals surface area contributed by atoms with E-state index in [0.717, 1.165) is 44.5 Å². The zero-order valence-corrected chi connectivity index (χ0v) is 12.0. The molecular formula is C15H24N2O3. The van der Waals surface area contributed by atoms with Crippen LogP contribution in [0, 0.1) is 0 Å². The number of hydrogen-bond acceptors (Lipinski definition) is 3. The van der Waals surface area contributed by atoms with Crippen LogP contribution >= 0.6 is 0 Å². The van der Waals surface area contributed by atoms with Gasteiger partial charge in [0.1, 0.15) is 6.54 Å². The van der Waals surface area contributed by atoms with E-state index in [1.54, 1.807) is 0 Å². The fourth-order valence-electron chi connectivity index (χ4n) is 2.48. The zero-order chi connectivity index (χ0) is 14.4. The minimum absolute atomic E-state index is 0.0176. The summed E-state index contributed by atoms with van der Waals surface area (Å²) in [6, 6.07) is 2.11. The number of amides is 1. The maximum atomic E-state index is 12.0. The lowest BCUT2D eigenvalue weighted by Crippen LogP contribution is -2.40. The Bertz CT molecular complexity index is 425. The van der Waals surface area contributed by atoms with Gasteiger partial charge < -0.3 is 19.7 Å². The minimum atomic E-state index is -0.431. The van der Waals surface area contributed by atoms with Crippen LogP contribution in [-0.2, 0) is 16.1 Å². The van der Waals surface area contributed by atoms with E-state index >= 15 is 0 Å². The molecule has 1 atom stereocenters. The highest BCUT2D eigenvalue weighted by molar-refractivity contribution is 5.76. The van der Waals surface area contributed by atoms with Crippen LogP contribution in [-0.4, -0.2) is 34.8 Å². The van der Waals surface area contributed by atoms with Crippen molar-refractivity contribution in [3.63, 3.8) is 0 Å². The molecule has 2 N–H and O–H groups in total. The SMILES string of the molecule is CCCC(O)c1ccn(CC(=O)NC2CCOCC2)c1. The zero-order valence-electron chi connectivity index (χ0n) is 12.0. The summed E-state index contributed by atoms with van der Waals surface area (Å²) in [4.78, 5) is 12.0. The van der Waals surface area contributed by atoms with Crippen LogP contribution in [0.3, 0.4) is 0 Å². The minimum Gasteiger partial charge on any atom is -0.388 e. The smallest absolute Gasteiger partial charge is 0.240 e. The predicted molar refractivity (Wildman–Crippen MR) is 76.3 cm³/mol. The normalized spacial score (nSPS) is 17.9. The van der Waals surface area contributed by atoms with Crippen LogP contribution in [0.25, 0.3) is 0 Å². The lowest BCUT2D eigenvalue weighted by atomic mass is 10.1. The van der Waals surface area contributed by atoms with Gasteiger partial charge in [0.15, 0.2) is 0 Å². The first-order valence-electron chi connectivity index (χ1n) is 7.40. The van der Waals surface area contributed by atoms with Crippen LogP contribution < -0.4 is 5.32 Å². The Kier molecular flexibility index (Phi) is 5.61. The Hall–Kier alpha value is -1.33. The van der Waals surface area contributed by atoms with Crippen LogP contribution in [0.4, 0.5) is 0 Å². The molecule has 1 aromatic rings. The Morgan fingerprint density at radius 2 is 2.30 bits per heavy atom. The molecule has 2 heterocycles. The van der Waals surface area contributed by atoms with Crippen molar-refractivity contribution in [2.75, 3.05) is 13.2 Å². The summed E-state index contributed by atoms with van der Waals surface area (Å²) in [6.07, 6.45) is 6.73. The van der Waals surface area contributed by atoms with E-state index in [9.17, 15) is 9.90 Å². The number of aromatic nitrogens is 1. The molecule has 0 aromatic carbocycles. The highest BCUT2D eigenvalue weighted by atomic mass is 16.5. The van der Waals surface area contributed by atoms with Gasteiger partial charge in [0.25, 0.3) is 0 Å².